The Bertz CT molecular complexity index is 483. The molecule has 18 heavy (non-hydrogen) atoms. The molecular weight excluding hydrogens is 222 g/mol. The van der Waals surface area contributed by atoms with Gasteiger partial charge in [-0.05, 0) is 49.6 Å². The van der Waals surface area contributed by atoms with Crippen molar-refractivity contribution < 1.29 is 0 Å². The molecule has 0 spiro atoms. The molecule has 1 aliphatic carbocycles. The van der Waals surface area contributed by atoms with E-state index < -0.39 is 0 Å². The van der Waals surface area contributed by atoms with E-state index in [4.69, 9.17) is 0 Å². The molecule has 1 N–H and O–H groups in total. The Labute approximate surface area is 108 Å². The quantitative estimate of drug-likeness (QED) is 0.868. The molecule has 0 amide bonds. The van der Waals surface area contributed by atoms with Gasteiger partial charge >= 0.3 is 0 Å². The zero-order valence-corrected chi connectivity index (χ0v) is 10.7. The molecule has 1 aliphatic rings. The van der Waals surface area contributed by atoms with Gasteiger partial charge in [-0.1, -0.05) is 12.8 Å². The van der Waals surface area contributed by atoms with Gasteiger partial charge in [-0.25, -0.2) is 4.68 Å². The van der Waals surface area contributed by atoms with Crippen LogP contribution in [0, 0.1) is 5.92 Å². The van der Waals surface area contributed by atoms with Gasteiger partial charge in [0.1, 0.15) is 0 Å². The summed E-state index contributed by atoms with van der Waals surface area (Å²) in [6.07, 6.45) is 7.89. The van der Waals surface area contributed by atoms with Gasteiger partial charge in [0.25, 0.3) is 0 Å². The summed E-state index contributed by atoms with van der Waals surface area (Å²) in [6.45, 7) is 2.26. The Morgan fingerprint density at radius 3 is 2.72 bits per heavy atom. The van der Waals surface area contributed by atoms with Crippen molar-refractivity contribution >= 4 is 5.69 Å². The summed E-state index contributed by atoms with van der Waals surface area (Å²) in [7, 11) is 0. The van der Waals surface area contributed by atoms with Crippen molar-refractivity contribution in [1.29, 1.82) is 0 Å². The predicted octanol–water partition coefficient (Wildman–Crippen LogP) is 3.47. The van der Waals surface area contributed by atoms with E-state index in [2.05, 4.69) is 41.6 Å². The summed E-state index contributed by atoms with van der Waals surface area (Å²) in [6, 6.07) is 10.9. The Morgan fingerprint density at radius 1 is 1.33 bits per heavy atom. The van der Waals surface area contributed by atoms with E-state index in [1.165, 1.54) is 24.9 Å². The van der Waals surface area contributed by atoms with Gasteiger partial charge in [-0.2, -0.15) is 5.10 Å². The van der Waals surface area contributed by atoms with Crippen LogP contribution in [-0.4, -0.2) is 15.8 Å². The Hall–Kier alpha value is -1.77. The Balaban J connectivity index is 1.63. The highest BCUT2D eigenvalue weighted by Crippen LogP contribution is 2.34. The first-order valence-corrected chi connectivity index (χ1v) is 6.68. The minimum absolute atomic E-state index is 0.563. The maximum Gasteiger partial charge on any atom is 0.0647 e. The summed E-state index contributed by atoms with van der Waals surface area (Å²) in [5, 5.41) is 7.78. The van der Waals surface area contributed by atoms with Crippen LogP contribution in [-0.2, 0) is 0 Å². The van der Waals surface area contributed by atoms with Crippen LogP contribution in [0.5, 0.6) is 0 Å². The lowest BCUT2D eigenvalue weighted by Crippen LogP contribution is -2.15. The zero-order valence-electron chi connectivity index (χ0n) is 10.7. The topological polar surface area (TPSA) is 29.9 Å². The fourth-order valence-corrected chi connectivity index (χ4v) is 2.33. The van der Waals surface area contributed by atoms with Crippen LogP contribution in [0.25, 0.3) is 5.69 Å². The van der Waals surface area contributed by atoms with E-state index in [1.54, 1.807) is 6.20 Å². The highest BCUT2D eigenvalue weighted by Gasteiger charge is 2.23. The molecule has 0 aliphatic heterocycles. The SMILES string of the molecule is CC(CC1CC1)Nc1ccc(-n2cccn2)cc1. The predicted molar refractivity (Wildman–Crippen MR) is 74.0 cm³/mol. The molecule has 1 saturated carbocycles. The van der Waals surface area contributed by atoms with Crippen molar-refractivity contribution in [3.63, 3.8) is 0 Å². The summed E-state index contributed by atoms with van der Waals surface area (Å²) in [4.78, 5) is 0. The Kier molecular flexibility index (Phi) is 3.05. The van der Waals surface area contributed by atoms with Crippen LogP contribution < -0.4 is 5.32 Å². The summed E-state index contributed by atoms with van der Waals surface area (Å²) >= 11 is 0. The summed E-state index contributed by atoms with van der Waals surface area (Å²) in [5.74, 6) is 0.968. The molecule has 1 atom stereocenters. The van der Waals surface area contributed by atoms with E-state index in [0.717, 1.165) is 11.6 Å². The third kappa shape index (κ3) is 2.73. The third-order valence-electron chi connectivity index (χ3n) is 3.43. The summed E-state index contributed by atoms with van der Waals surface area (Å²) in [5.41, 5.74) is 2.29. The molecule has 3 nitrogen and oxygen atoms in total. The van der Waals surface area contributed by atoms with E-state index >= 15 is 0 Å². The molecule has 1 fully saturated rings. The van der Waals surface area contributed by atoms with Crippen LogP contribution in [0.4, 0.5) is 5.69 Å². The lowest BCUT2D eigenvalue weighted by Gasteiger charge is -2.15. The molecule has 1 unspecified atom stereocenters. The van der Waals surface area contributed by atoms with Crippen LogP contribution in [0.3, 0.4) is 0 Å². The lowest BCUT2D eigenvalue weighted by molar-refractivity contribution is 0.642. The number of nitrogens with one attached hydrogen (secondary N) is 1. The van der Waals surface area contributed by atoms with Gasteiger partial charge in [0.2, 0.25) is 0 Å². The highest BCUT2D eigenvalue weighted by molar-refractivity contribution is 5.49. The first-order valence-electron chi connectivity index (χ1n) is 6.68. The second-order valence-corrected chi connectivity index (χ2v) is 5.22. The first kappa shape index (κ1) is 11.3. The van der Waals surface area contributed by atoms with Crippen molar-refractivity contribution in [1.82, 2.24) is 9.78 Å². The number of anilines is 1. The molecule has 3 heteroatoms. The van der Waals surface area contributed by atoms with Crippen molar-refractivity contribution in [2.24, 2.45) is 5.92 Å². The number of hydrogen-bond acceptors (Lipinski definition) is 2. The maximum atomic E-state index is 4.22. The molecule has 0 bridgehead atoms. The van der Waals surface area contributed by atoms with Crippen molar-refractivity contribution in [2.45, 2.75) is 32.2 Å². The third-order valence-corrected chi connectivity index (χ3v) is 3.43. The van der Waals surface area contributed by atoms with Crippen molar-refractivity contribution in [3.05, 3.63) is 42.7 Å². The molecule has 0 radical (unpaired) electrons. The molecule has 1 heterocycles. The smallest absolute Gasteiger partial charge is 0.0647 e. The van der Waals surface area contributed by atoms with Gasteiger partial charge in [-0.3, -0.25) is 0 Å². The van der Waals surface area contributed by atoms with Crippen LogP contribution >= 0.6 is 0 Å². The average molecular weight is 241 g/mol. The van der Waals surface area contributed by atoms with E-state index in [1.807, 2.05) is 16.9 Å². The molecule has 3 rings (SSSR count). The summed E-state index contributed by atoms with van der Waals surface area (Å²) < 4.78 is 1.87. The van der Waals surface area contributed by atoms with Gasteiger partial charge < -0.3 is 5.32 Å². The largest absolute Gasteiger partial charge is 0.383 e. The molecule has 94 valence electrons. The number of benzene rings is 1. The standard InChI is InChI=1S/C15H19N3/c1-12(11-13-3-4-13)17-14-5-7-15(8-6-14)18-10-2-9-16-18/h2,5-10,12-13,17H,3-4,11H2,1H3. The molecule has 1 aromatic heterocycles. The van der Waals surface area contributed by atoms with Crippen LogP contribution in [0.15, 0.2) is 42.7 Å². The van der Waals surface area contributed by atoms with Gasteiger partial charge in [0.05, 0.1) is 5.69 Å². The normalized spacial score (nSPS) is 16.5. The molecule has 1 aromatic carbocycles. The van der Waals surface area contributed by atoms with Crippen LogP contribution in [0.1, 0.15) is 26.2 Å². The number of hydrogen-bond donors (Lipinski definition) is 1. The second-order valence-electron chi connectivity index (χ2n) is 5.22. The lowest BCUT2D eigenvalue weighted by atomic mass is 10.1. The molecular formula is C15H19N3. The minimum Gasteiger partial charge on any atom is -0.383 e. The van der Waals surface area contributed by atoms with Gasteiger partial charge in [0.15, 0.2) is 0 Å². The Morgan fingerprint density at radius 2 is 2.11 bits per heavy atom. The fourth-order valence-electron chi connectivity index (χ4n) is 2.33. The molecule has 0 saturated heterocycles. The number of aromatic nitrogens is 2. The fraction of sp³-hybridized carbons (Fsp3) is 0.400. The average Bonchev–Trinajstić information content (AvgIpc) is 3.01. The van der Waals surface area contributed by atoms with Crippen molar-refractivity contribution in [3.8, 4) is 5.69 Å². The first-order chi connectivity index (χ1) is 8.81. The monoisotopic (exact) mass is 241 g/mol. The van der Waals surface area contributed by atoms with E-state index in [0.29, 0.717) is 6.04 Å². The minimum atomic E-state index is 0.563. The highest BCUT2D eigenvalue weighted by atomic mass is 15.3. The second kappa shape index (κ2) is 4.84. The van der Waals surface area contributed by atoms with Gasteiger partial charge in [0, 0.05) is 24.1 Å². The van der Waals surface area contributed by atoms with Crippen LogP contribution in [0.2, 0.25) is 0 Å². The number of nitrogens with zero attached hydrogens (tertiary/aromatic N) is 2. The maximum absolute atomic E-state index is 4.22. The van der Waals surface area contributed by atoms with E-state index in [9.17, 15) is 0 Å². The van der Waals surface area contributed by atoms with E-state index in [-0.39, 0.29) is 0 Å². The number of rotatable bonds is 5. The van der Waals surface area contributed by atoms with Crippen molar-refractivity contribution in [2.75, 3.05) is 5.32 Å². The molecule has 2 aromatic rings. The van der Waals surface area contributed by atoms with Gasteiger partial charge in [-0.15, -0.1) is 0 Å². The zero-order chi connectivity index (χ0) is 12.4.